The number of ether oxygens (including phenoxy) is 2. The summed E-state index contributed by atoms with van der Waals surface area (Å²) in [5.74, 6) is 1.10. The van der Waals surface area contributed by atoms with Crippen LogP contribution >= 0.6 is 0 Å². The van der Waals surface area contributed by atoms with Crippen LogP contribution in [0.3, 0.4) is 0 Å². The van der Waals surface area contributed by atoms with Crippen LogP contribution in [-0.2, 0) is 6.61 Å². The molecule has 84 valence electrons. The molecule has 1 atom stereocenters. The van der Waals surface area contributed by atoms with Crippen LogP contribution in [0.15, 0.2) is 12.1 Å². The average Bonchev–Trinajstić information content (AvgIpc) is 2.26. The Morgan fingerprint density at radius 2 is 1.73 bits per heavy atom. The van der Waals surface area contributed by atoms with Crippen molar-refractivity contribution in [1.29, 1.82) is 0 Å². The van der Waals surface area contributed by atoms with Crippen LogP contribution in [0, 0.1) is 0 Å². The number of rotatable bonds is 4. The molecular formula is C11H16O4. The van der Waals surface area contributed by atoms with Crippen LogP contribution < -0.4 is 9.47 Å². The molecule has 0 amide bonds. The fourth-order valence-corrected chi connectivity index (χ4v) is 1.61. The summed E-state index contributed by atoms with van der Waals surface area (Å²) in [6, 6.07) is 3.41. The van der Waals surface area contributed by atoms with Gasteiger partial charge in [0.1, 0.15) is 11.5 Å². The van der Waals surface area contributed by atoms with Gasteiger partial charge in [0.2, 0.25) is 0 Å². The minimum absolute atomic E-state index is 0.194. The molecule has 1 aromatic carbocycles. The Hall–Kier alpha value is -1.26. The van der Waals surface area contributed by atoms with E-state index in [9.17, 15) is 10.2 Å². The van der Waals surface area contributed by atoms with Gasteiger partial charge in [0.25, 0.3) is 0 Å². The highest BCUT2D eigenvalue weighted by molar-refractivity contribution is 5.49. The maximum atomic E-state index is 9.62. The summed E-state index contributed by atoms with van der Waals surface area (Å²) in [7, 11) is 3.04. The largest absolute Gasteiger partial charge is 0.496 e. The number of aliphatic hydroxyl groups excluding tert-OH is 2. The van der Waals surface area contributed by atoms with Gasteiger partial charge in [-0.25, -0.2) is 0 Å². The van der Waals surface area contributed by atoms with E-state index in [0.717, 1.165) is 0 Å². The van der Waals surface area contributed by atoms with Gasteiger partial charge in [0, 0.05) is 11.1 Å². The van der Waals surface area contributed by atoms with Crippen molar-refractivity contribution in [2.45, 2.75) is 19.6 Å². The fourth-order valence-electron chi connectivity index (χ4n) is 1.61. The van der Waals surface area contributed by atoms with Gasteiger partial charge >= 0.3 is 0 Å². The Morgan fingerprint density at radius 1 is 1.20 bits per heavy atom. The molecular weight excluding hydrogens is 196 g/mol. The lowest BCUT2D eigenvalue weighted by Gasteiger charge is -2.17. The molecule has 1 rings (SSSR count). The Kier molecular flexibility index (Phi) is 3.94. The second kappa shape index (κ2) is 5.00. The van der Waals surface area contributed by atoms with Gasteiger partial charge in [-0.05, 0) is 19.1 Å². The summed E-state index contributed by atoms with van der Waals surface area (Å²) in [6.45, 7) is 1.43. The maximum absolute atomic E-state index is 9.62. The summed E-state index contributed by atoms with van der Waals surface area (Å²) in [4.78, 5) is 0. The molecule has 0 radical (unpaired) electrons. The normalized spacial score (nSPS) is 12.3. The van der Waals surface area contributed by atoms with Crippen LogP contribution in [0.5, 0.6) is 11.5 Å². The van der Waals surface area contributed by atoms with Gasteiger partial charge in [0.15, 0.2) is 0 Å². The molecule has 0 aliphatic rings. The lowest BCUT2D eigenvalue weighted by molar-refractivity contribution is 0.186. The first-order valence-corrected chi connectivity index (χ1v) is 4.68. The van der Waals surface area contributed by atoms with Crippen molar-refractivity contribution in [2.75, 3.05) is 14.2 Å². The molecule has 1 aromatic rings. The summed E-state index contributed by atoms with van der Waals surface area (Å²) in [5, 5.41) is 18.9. The van der Waals surface area contributed by atoms with Gasteiger partial charge in [-0.2, -0.15) is 0 Å². The third-order valence-corrected chi connectivity index (χ3v) is 2.29. The van der Waals surface area contributed by atoms with Crippen molar-refractivity contribution in [3.05, 3.63) is 23.3 Å². The quantitative estimate of drug-likeness (QED) is 0.788. The molecule has 4 nitrogen and oxygen atoms in total. The van der Waals surface area contributed by atoms with Crippen molar-refractivity contribution in [1.82, 2.24) is 0 Å². The topological polar surface area (TPSA) is 58.9 Å². The Bertz CT molecular complexity index is 334. The van der Waals surface area contributed by atoms with E-state index in [1.165, 1.54) is 14.2 Å². The summed E-state index contributed by atoms with van der Waals surface area (Å²) >= 11 is 0. The number of aliphatic hydroxyl groups is 2. The number of hydrogen-bond acceptors (Lipinski definition) is 4. The van der Waals surface area contributed by atoms with Crippen LogP contribution in [0.25, 0.3) is 0 Å². The van der Waals surface area contributed by atoms with Gasteiger partial charge < -0.3 is 19.7 Å². The predicted octanol–water partition coefficient (Wildman–Crippen LogP) is 1.25. The van der Waals surface area contributed by atoms with E-state index in [1.807, 2.05) is 0 Å². The maximum Gasteiger partial charge on any atom is 0.125 e. The monoisotopic (exact) mass is 212 g/mol. The molecule has 0 fully saturated rings. The van der Waals surface area contributed by atoms with Gasteiger partial charge in [-0.15, -0.1) is 0 Å². The first-order chi connectivity index (χ1) is 7.15. The lowest BCUT2D eigenvalue weighted by Crippen LogP contribution is -2.04. The van der Waals surface area contributed by atoms with E-state index in [0.29, 0.717) is 22.6 Å². The number of hydrogen-bond donors (Lipinski definition) is 2. The molecule has 0 spiro atoms. The third kappa shape index (κ3) is 2.22. The first-order valence-electron chi connectivity index (χ1n) is 4.68. The smallest absolute Gasteiger partial charge is 0.125 e. The molecule has 0 saturated heterocycles. The van der Waals surface area contributed by atoms with Gasteiger partial charge in [-0.1, -0.05) is 0 Å². The van der Waals surface area contributed by atoms with Crippen molar-refractivity contribution in [3.8, 4) is 11.5 Å². The second-order valence-corrected chi connectivity index (χ2v) is 3.20. The molecule has 4 heteroatoms. The van der Waals surface area contributed by atoms with Gasteiger partial charge in [-0.3, -0.25) is 0 Å². The zero-order valence-corrected chi connectivity index (χ0v) is 9.15. The van der Waals surface area contributed by atoms with Crippen molar-refractivity contribution < 1.29 is 19.7 Å². The van der Waals surface area contributed by atoms with E-state index in [-0.39, 0.29) is 6.61 Å². The van der Waals surface area contributed by atoms with E-state index >= 15 is 0 Å². The van der Waals surface area contributed by atoms with Crippen LogP contribution in [-0.4, -0.2) is 24.4 Å². The zero-order chi connectivity index (χ0) is 11.4. The Morgan fingerprint density at radius 3 is 2.13 bits per heavy atom. The van der Waals surface area contributed by atoms with E-state index < -0.39 is 6.10 Å². The summed E-state index contributed by atoms with van der Waals surface area (Å²) in [6.07, 6.45) is -0.711. The molecule has 0 aliphatic carbocycles. The second-order valence-electron chi connectivity index (χ2n) is 3.20. The van der Waals surface area contributed by atoms with Crippen molar-refractivity contribution in [2.24, 2.45) is 0 Å². The van der Waals surface area contributed by atoms with Crippen LogP contribution in [0.2, 0.25) is 0 Å². The standard InChI is InChI=1S/C11H16O4/c1-7(13)11-8(6-12)9(14-2)4-5-10(11)15-3/h4-5,7,12-13H,6H2,1-3H3. The average molecular weight is 212 g/mol. The molecule has 15 heavy (non-hydrogen) atoms. The highest BCUT2D eigenvalue weighted by atomic mass is 16.5. The Balaban J connectivity index is 3.37. The highest BCUT2D eigenvalue weighted by Crippen LogP contribution is 2.34. The van der Waals surface area contributed by atoms with Crippen molar-refractivity contribution in [3.63, 3.8) is 0 Å². The number of methoxy groups -OCH3 is 2. The van der Waals surface area contributed by atoms with Crippen LogP contribution in [0.1, 0.15) is 24.2 Å². The molecule has 0 heterocycles. The van der Waals surface area contributed by atoms with E-state index in [1.54, 1.807) is 19.1 Å². The highest BCUT2D eigenvalue weighted by Gasteiger charge is 2.17. The van der Waals surface area contributed by atoms with E-state index in [2.05, 4.69) is 0 Å². The summed E-state index contributed by atoms with van der Waals surface area (Å²) in [5.41, 5.74) is 1.13. The predicted molar refractivity (Wildman–Crippen MR) is 56.1 cm³/mol. The van der Waals surface area contributed by atoms with Gasteiger partial charge in [0.05, 0.1) is 26.9 Å². The zero-order valence-electron chi connectivity index (χ0n) is 9.15. The molecule has 0 aromatic heterocycles. The minimum Gasteiger partial charge on any atom is -0.496 e. The third-order valence-electron chi connectivity index (χ3n) is 2.29. The van der Waals surface area contributed by atoms with Crippen molar-refractivity contribution >= 4 is 0 Å². The van der Waals surface area contributed by atoms with E-state index in [4.69, 9.17) is 9.47 Å². The van der Waals surface area contributed by atoms with Crippen LogP contribution in [0.4, 0.5) is 0 Å². The SMILES string of the molecule is COc1ccc(OC)c(C(C)O)c1CO. The minimum atomic E-state index is -0.711. The molecule has 0 aliphatic heterocycles. The lowest BCUT2D eigenvalue weighted by atomic mass is 10.0. The fraction of sp³-hybridized carbons (Fsp3) is 0.455. The number of benzene rings is 1. The molecule has 0 bridgehead atoms. The molecule has 1 unspecified atom stereocenters. The first kappa shape index (κ1) is 11.8. The summed E-state index contributed by atoms with van der Waals surface area (Å²) < 4.78 is 10.2. The molecule has 2 N–H and O–H groups in total. The molecule has 0 saturated carbocycles. The Labute approximate surface area is 89.1 Å².